The Morgan fingerprint density at radius 3 is 2.55 bits per heavy atom. The van der Waals surface area contributed by atoms with E-state index in [9.17, 15) is 4.79 Å². The van der Waals surface area contributed by atoms with Gasteiger partial charge >= 0.3 is 0 Å². The number of morpholine rings is 1. The molecule has 0 aliphatic carbocycles. The van der Waals surface area contributed by atoms with Crippen molar-refractivity contribution in [1.82, 2.24) is 10.2 Å². The molecule has 0 aromatic heterocycles. The zero-order valence-corrected chi connectivity index (χ0v) is 13.9. The van der Waals surface area contributed by atoms with Crippen molar-refractivity contribution in [2.24, 2.45) is 5.73 Å². The van der Waals surface area contributed by atoms with E-state index in [2.05, 4.69) is 41.4 Å². The molecule has 0 radical (unpaired) electrons. The first-order chi connectivity index (χ1) is 10.2. The van der Waals surface area contributed by atoms with Crippen molar-refractivity contribution in [3.05, 3.63) is 35.4 Å². The SMILES string of the molecule is Cc1ccc(C(CNC(=O)CCN)N2CCOCC2)cc1.Cl. The number of benzene rings is 1. The van der Waals surface area contributed by atoms with Crippen LogP contribution in [-0.2, 0) is 9.53 Å². The Balaban J connectivity index is 0.00000242. The number of ether oxygens (including phenoxy) is 1. The minimum Gasteiger partial charge on any atom is -0.379 e. The Morgan fingerprint density at radius 2 is 1.95 bits per heavy atom. The largest absolute Gasteiger partial charge is 0.379 e. The Labute approximate surface area is 138 Å². The van der Waals surface area contributed by atoms with Crippen LogP contribution in [0.2, 0.25) is 0 Å². The van der Waals surface area contributed by atoms with Gasteiger partial charge < -0.3 is 15.8 Å². The fourth-order valence-corrected chi connectivity index (χ4v) is 2.57. The number of rotatable bonds is 6. The molecular weight excluding hydrogens is 302 g/mol. The van der Waals surface area contributed by atoms with Crippen LogP contribution in [0.5, 0.6) is 0 Å². The van der Waals surface area contributed by atoms with Crippen LogP contribution in [-0.4, -0.2) is 50.2 Å². The highest BCUT2D eigenvalue weighted by atomic mass is 35.5. The first-order valence-corrected chi connectivity index (χ1v) is 7.56. The Bertz CT molecular complexity index is 447. The normalized spacial score (nSPS) is 16.6. The van der Waals surface area contributed by atoms with E-state index in [1.807, 2.05) is 0 Å². The van der Waals surface area contributed by atoms with E-state index in [4.69, 9.17) is 10.5 Å². The van der Waals surface area contributed by atoms with Crippen molar-refractivity contribution in [2.75, 3.05) is 39.4 Å². The van der Waals surface area contributed by atoms with Crippen LogP contribution in [0.25, 0.3) is 0 Å². The first-order valence-electron chi connectivity index (χ1n) is 7.56. The standard InChI is InChI=1S/C16H25N3O2.ClH/c1-13-2-4-14(5-3-13)15(12-18-16(20)6-7-17)19-8-10-21-11-9-19;/h2-5,15H,6-12,17H2,1H3,(H,18,20);1H. The quantitative estimate of drug-likeness (QED) is 0.825. The number of nitrogens with zero attached hydrogens (tertiary/aromatic N) is 1. The zero-order chi connectivity index (χ0) is 15.1. The first kappa shape index (κ1) is 18.9. The van der Waals surface area contributed by atoms with E-state index < -0.39 is 0 Å². The van der Waals surface area contributed by atoms with Crippen LogP contribution < -0.4 is 11.1 Å². The van der Waals surface area contributed by atoms with E-state index in [1.54, 1.807) is 0 Å². The minimum absolute atomic E-state index is 0. The van der Waals surface area contributed by atoms with Crippen molar-refractivity contribution >= 4 is 18.3 Å². The van der Waals surface area contributed by atoms with Crippen molar-refractivity contribution < 1.29 is 9.53 Å². The van der Waals surface area contributed by atoms with Crippen LogP contribution in [0, 0.1) is 6.92 Å². The molecule has 2 rings (SSSR count). The maximum Gasteiger partial charge on any atom is 0.221 e. The second-order valence-corrected chi connectivity index (χ2v) is 5.42. The fourth-order valence-electron chi connectivity index (χ4n) is 2.57. The van der Waals surface area contributed by atoms with Gasteiger partial charge in [-0.3, -0.25) is 9.69 Å². The van der Waals surface area contributed by atoms with E-state index in [-0.39, 0.29) is 24.4 Å². The number of amides is 1. The summed E-state index contributed by atoms with van der Waals surface area (Å²) in [7, 11) is 0. The number of hydrogen-bond donors (Lipinski definition) is 2. The lowest BCUT2D eigenvalue weighted by molar-refractivity contribution is -0.121. The molecule has 1 aliphatic rings. The van der Waals surface area contributed by atoms with Gasteiger partial charge in [-0.15, -0.1) is 12.4 Å². The van der Waals surface area contributed by atoms with E-state index in [0.717, 1.165) is 26.3 Å². The predicted octanol–water partition coefficient (Wildman–Crippen LogP) is 1.26. The Morgan fingerprint density at radius 1 is 1.32 bits per heavy atom. The summed E-state index contributed by atoms with van der Waals surface area (Å²) in [5.41, 5.74) is 7.89. The van der Waals surface area contributed by atoms with Gasteiger partial charge in [0.15, 0.2) is 0 Å². The van der Waals surface area contributed by atoms with E-state index >= 15 is 0 Å². The maximum atomic E-state index is 11.7. The minimum atomic E-state index is 0. The lowest BCUT2D eigenvalue weighted by atomic mass is 10.0. The summed E-state index contributed by atoms with van der Waals surface area (Å²) in [6, 6.07) is 8.71. The number of carbonyl (C=O) groups excluding carboxylic acids is 1. The third-order valence-electron chi connectivity index (χ3n) is 3.81. The molecule has 5 nitrogen and oxygen atoms in total. The number of nitrogens with two attached hydrogens (primary N) is 1. The highest BCUT2D eigenvalue weighted by Crippen LogP contribution is 2.21. The smallest absolute Gasteiger partial charge is 0.221 e. The Hall–Kier alpha value is -1.14. The molecule has 1 unspecified atom stereocenters. The average Bonchev–Trinajstić information content (AvgIpc) is 2.50. The van der Waals surface area contributed by atoms with Gasteiger partial charge in [-0.1, -0.05) is 29.8 Å². The third-order valence-corrected chi connectivity index (χ3v) is 3.81. The number of halogens is 1. The summed E-state index contributed by atoms with van der Waals surface area (Å²) in [6.07, 6.45) is 0.379. The maximum absolute atomic E-state index is 11.7. The van der Waals surface area contributed by atoms with Crippen molar-refractivity contribution in [1.29, 1.82) is 0 Å². The molecule has 0 bridgehead atoms. The molecule has 1 atom stereocenters. The summed E-state index contributed by atoms with van der Waals surface area (Å²) in [6.45, 7) is 6.37. The van der Waals surface area contributed by atoms with Gasteiger partial charge in [0.25, 0.3) is 0 Å². The van der Waals surface area contributed by atoms with Gasteiger partial charge in [-0.2, -0.15) is 0 Å². The summed E-state index contributed by atoms with van der Waals surface area (Å²) in [4.78, 5) is 14.1. The molecule has 0 saturated carbocycles. The lowest BCUT2D eigenvalue weighted by Crippen LogP contribution is -2.44. The van der Waals surface area contributed by atoms with Crippen molar-refractivity contribution in [2.45, 2.75) is 19.4 Å². The zero-order valence-electron chi connectivity index (χ0n) is 13.1. The number of aryl methyl sites for hydroxylation is 1. The van der Waals surface area contributed by atoms with Crippen LogP contribution in [0.1, 0.15) is 23.6 Å². The molecule has 22 heavy (non-hydrogen) atoms. The van der Waals surface area contributed by atoms with Crippen LogP contribution in [0.4, 0.5) is 0 Å². The van der Waals surface area contributed by atoms with Crippen LogP contribution >= 0.6 is 12.4 Å². The Kier molecular flexibility index (Phi) is 8.42. The molecule has 1 amide bonds. The molecular formula is C16H26ClN3O2. The van der Waals surface area contributed by atoms with Crippen LogP contribution in [0.3, 0.4) is 0 Å². The van der Waals surface area contributed by atoms with Gasteiger partial charge in [0.1, 0.15) is 0 Å². The molecule has 1 fully saturated rings. The number of hydrogen-bond acceptors (Lipinski definition) is 4. The molecule has 124 valence electrons. The second-order valence-electron chi connectivity index (χ2n) is 5.42. The van der Waals surface area contributed by atoms with Crippen molar-refractivity contribution in [3.63, 3.8) is 0 Å². The average molecular weight is 328 g/mol. The van der Waals surface area contributed by atoms with Gasteiger partial charge in [0.2, 0.25) is 5.91 Å². The summed E-state index contributed by atoms with van der Waals surface area (Å²) >= 11 is 0. The highest BCUT2D eigenvalue weighted by Gasteiger charge is 2.22. The third kappa shape index (κ3) is 5.57. The molecule has 1 aromatic carbocycles. The topological polar surface area (TPSA) is 67.6 Å². The lowest BCUT2D eigenvalue weighted by Gasteiger charge is -2.35. The summed E-state index contributed by atoms with van der Waals surface area (Å²) < 4.78 is 5.42. The predicted molar refractivity (Wildman–Crippen MR) is 90.2 cm³/mol. The molecule has 3 N–H and O–H groups in total. The number of nitrogens with one attached hydrogen (secondary N) is 1. The molecule has 1 saturated heterocycles. The summed E-state index contributed by atoms with van der Waals surface area (Å²) in [5.74, 6) is 0.0165. The van der Waals surface area contributed by atoms with Gasteiger partial charge in [-0.05, 0) is 12.5 Å². The summed E-state index contributed by atoms with van der Waals surface area (Å²) in [5, 5.41) is 2.99. The highest BCUT2D eigenvalue weighted by molar-refractivity contribution is 5.85. The molecule has 6 heteroatoms. The van der Waals surface area contributed by atoms with Crippen molar-refractivity contribution in [3.8, 4) is 0 Å². The van der Waals surface area contributed by atoms with Gasteiger partial charge in [0.05, 0.1) is 19.3 Å². The molecule has 0 spiro atoms. The second kappa shape index (κ2) is 9.79. The fraction of sp³-hybridized carbons (Fsp3) is 0.562. The number of carbonyl (C=O) groups is 1. The van der Waals surface area contributed by atoms with E-state index in [0.29, 0.717) is 19.5 Å². The van der Waals surface area contributed by atoms with Gasteiger partial charge in [0, 0.05) is 32.6 Å². The van der Waals surface area contributed by atoms with Gasteiger partial charge in [-0.25, -0.2) is 0 Å². The molecule has 1 aromatic rings. The van der Waals surface area contributed by atoms with Crippen LogP contribution in [0.15, 0.2) is 24.3 Å². The molecule has 1 heterocycles. The van der Waals surface area contributed by atoms with E-state index in [1.165, 1.54) is 11.1 Å². The molecule has 1 aliphatic heterocycles. The monoisotopic (exact) mass is 327 g/mol.